The summed E-state index contributed by atoms with van der Waals surface area (Å²) in [5, 5.41) is 9.18. The van der Waals surface area contributed by atoms with Crippen molar-refractivity contribution in [2.45, 2.75) is 27.7 Å². The second-order valence-electron chi connectivity index (χ2n) is 11.9. The van der Waals surface area contributed by atoms with Gasteiger partial charge < -0.3 is 31.3 Å². The molecule has 9 nitrogen and oxygen atoms in total. The second kappa shape index (κ2) is 15.1. The summed E-state index contributed by atoms with van der Waals surface area (Å²) in [5.41, 5.74) is 7.66. The van der Waals surface area contributed by atoms with Gasteiger partial charge in [-0.1, -0.05) is 51.4 Å². The van der Waals surface area contributed by atoms with E-state index in [0.29, 0.717) is 49.3 Å². The van der Waals surface area contributed by atoms with E-state index in [0.717, 1.165) is 12.2 Å². The molecule has 0 saturated heterocycles. The molecule has 42 heavy (non-hydrogen) atoms. The summed E-state index contributed by atoms with van der Waals surface area (Å²) >= 11 is 5.86. The largest absolute Gasteiger partial charge is 0.380 e. The number of amides is 1. The molecular weight excluding hydrogens is 557 g/mol. The molecule has 11 heteroatoms. The van der Waals surface area contributed by atoms with Crippen molar-refractivity contribution < 1.29 is 13.9 Å². The highest BCUT2D eigenvalue weighted by Gasteiger charge is 2.23. The number of ether oxygens (including phenoxy) is 1. The average Bonchev–Trinajstić information content (AvgIpc) is 2.90. The Bertz CT molecular complexity index is 1370. The van der Waals surface area contributed by atoms with E-state index in [-0.39, 0.29) is 21.8 Å². The number of hydrogen-bond acceptors (Lipinski definition) is 8. The van der Waals surface area contributed by atoms with Crippen LogP contribution in [-0.2, 0) is 9.53 Å². The first-order valence-corrected chi connectivity index (χ1v) is 14.1. The Kier molecular flexibility index (Phi) is 11.8. The number of aromatic nitrogens is 2. The van der Waals surface area contributed by atoms with E-state index in [1.165, 1.54) is 24.5 Å². The predicted octanol–water partition coefficient (Wildman–Crippen LogP) is 6.21. The summed E-state index contributed by atoms with van der Waals surface area (Å²) < 4.78 is 19.4. The lowest BCUT2D eigenvalue weighted by Crippen LogP contribution is -2.37. The SMILES string of the molecule is CN(C/C=C/C(=O)Nc1cccc(Nc2cc(Nc3ccc(F)c(Cl)c3)ncn2)c1)CC(C)(C)COCC(C)(C)CN. The van der Waals surface area contributed by atoms with Crippen LogP contribution < -0.4 is 21.7 Å². The molecular formula is C31H41ClFN7O2. The summed E-state index contributed by atoms with van der Waals surface area (Å²) in [5.74, 6) is 0.314. The van der Waals surface area contributed by atoms with Gasteiger partial charge in [-0.15, -0.1) is 0 Å². The van der Waals surface area contributed by atoms with Crippen LogP contribution in [0.1, 0.15) is 27.7 Å². The zero-order valence-electron chi connectivity index (χ0n) is 24.9. The second-order valence-corrected chi connectivity index (χ2v) is 12.3. The molecule has 1 amide bonds. The van der Waals surface area contributed by atoms with Gasteiger partial charge in [-0.05, 0) is 50.0 Å². The van der Waals surface area contributed by atoms with Crippen LogP contribution in [0.15, 0.2) is 67.0 Å². The molecule has 226 valence electrons. The molecule has 0 aliphatic heterocycles. The zero-order valence-corrected chi connectivity index (χ0v) is 25.6. The number of anilines is 5. The number of likely N-dealkylation sites (N-methyl/N-ethyl adjacent to an activating group) is 1. The molecule has 1 heterocycles. The van der Waals surface area contributed by atoms with Gasteiger partial charge in [-0.3, -0.25) is 4.79 Å². The molecule has 2 aromatic carbocycles. The minimum Gasteiger partial charge on any atom is -0.380 e. The van der Waals surface area contributed by atoms with Crippen molar-refractivity contribution in [3.8, 4) is 0 Å². The van der Waals surface area contributed by atoms with Crippen LogP contribution in [0.3, 0.4) is 0 Å². The first-order chi connectivity index (χ1) is 19.8. The molecule has 5 N–H and O–H groups in total. The maximum absolute atomic E-state index is 13.4. The van der Waals surface area contributed by atoms with Gasteiger partial charge in [0.05, 0.1) is 18.2 Å². The Balaban J connectivity index is 1.48. The van der Waals surface area contributed by atoms with Gasteiger partial charge in [-0.25, -0.2) is 14.4 Å². The van der Waals surface area contributed by atoms with Crippen molar-refractivity contribution >= 4 is 46.2 Å². The Morgan fingerprint density at radius 3 is 2.31 bits per heavy atom. The van der Waals surface area contributed by atoms with Crippen LogP contribution in [0.2, 0.25) is 5.02 Å². The smallest absolute Gasteiger partial charge is 0.248 e. The zero-order chi connectivity index (χ0) is 30.8. The van der Waals surface area contributed by atoms with Crippen molar-refractivity contribution in [2.24, 2.45) is 16.6 Å². The third-order valence-corrected chi connectivity index (χ3v) is 6.47. The van der Waals surface area contributed by atoms with E-state index in [1.807, 2.05) is 31.3 Å². The van der Waals surface area contributed by atoms with Crippen molar-refractivity contribution in [1.29, 1.82) is 0 Å². The number of nitrogens with one attached hydrogen (secondary N) is 3. The molecule has 3 aromatic rings. The van der Waals surface area contributed by atoms with Crippen LogP contribution in [-0.4, -0.2) is 60.7 Å². The summed E-state index contributed by atoms with van der Waals surface area (Å²) in [7, 11) is 2.02. The summed E-state index contributed by atoms with van der Waals surface area (Å²) in [6, 6.07) is 13.3. The lowest BCUT2D eigenvalue weighted by atomic mass is 9.93. The van der Waals surface area contributed by atoms with Gasteiger partial charge in [-0.2, -0.15) is 0 Å². The van der Waals surface area contributed by atoms with Crippen LogP contribution in [0, 0.1) is 16.6 Å². The third-order valence-electron chi connectivity index (χ3n) is 6.18. The van der Waals surface area contributed by atoms with Crippen LogP contribution in [0.25, 0.3) is 0 Å². The van der Waals surface area contributed by atoms with E-state index >= 15 is 0 Å². The first kappa shape index (κ1) is 32.9. The fourth-order valence-corrected chi connectivity index (χ4v) is 4.25. The highest BCUT2D eigenvalue weighted by Crippen LogP contribution is 2.24. The lowest BCUT2D eigenvalue weighted by Gasteiger charge is -2.31. The number of benzene rings is 2. The van der Waals surface area contributed by atoms with Gasteiger partial charge in [0.1, 0.15) is 23.8 Å². The summed E-state index contributed by atoms with van der Waals surface area (Å²) in [4.78, 5) is 23.1. The molecule has 0 aliphatic rings. The van der Waals surface area contributed by atoms with Crippen LogP contribution in [0.5, 0.6) is 0 Å². The number of carbonyl (C=O) groups is 1. The van der Waals surface area contributed by atoms with Crippen molar-refractivity contribution in [3.63, 3.8) is 0 Å². The molecule has 0 aliphatic carbocycles. The molecule has 0 fully saturated rings. The van der Waals surface area contributed by atoms with Gasteiger partial charge in [0.15, 0.2) is 0 Å². The van der Waals surface area contributed by atoms with E-state index in [2.05, 4.69) is 58.5 Å². The summed E-state index contributed by atoms with van der Waals surface area (Å²) in [6.07, 6.45) is 4.78. The monoisotopic (exact) mass is 597 g/mol. The predicted molar refractivity (Wildman–Crippen MR) is 169 cm³/mol. The molecule has 3 rings (SSSR count). The maximum Gasteiger partial charge on any atom is 0.248 e. The van der Waals surface area contributed by atoms with Crippen LogP contribution in [0.4, 0.5) is 33.1 Å². The van der Waals surface area contributed by atoms with E-state index in [4.69, 9.17) is 22.1 Å². The summed E-state index contributed by atoms with van der Waals surface area (Å²) in [6.45, 7) is 11.8. The van der Waals surface area contributed by atoms with Gasteiger partial charge in [0, 0.05) is 53.1 Å². The van der Waals surface area contributed by atoms with Crippen LogP contribution >= 0.6 is 11.6 Å². The molecule has 0 bridgehead atoms. The lowest BCUT2D eigenvalue weighted by molar-refractivity contribution is -0.111. The fourth-order valence-electron chi connectivity index (χ4n) is 4.07. The van der Waals surface area contributed by atoms with E-state index in [1.54, 1.807) is 18.2 Å². The highest BCUT2D eigenvalue weighted by molar-refractivity contribution is 6.31. The molecule has 0 saturated carbocycles. The third kappa shape index (κ3) is 11.4. The number of nitrogens with zero attached hydrogens (tertiary/aromatic N) is 3. The minimum atomic E-state index is -0.494. The molecule has 0 unspecified atom stereocenters. The van der Waals surface area contributed by atoms with Gasteiger partial charge in [0.25, 0.3) is 0 Å². The number of hydrogen-bond donors (Lipinski definition) is 4. The van der Waals surface area contributed by atoms with E-state index < -0.39 is 5.82 Å². The highest BCUT2D eigenvalue weighted by atomic mass is 35.5. The fraction of sp³-hybridized carbons (Fsp3) is 0.387. The standard InChI is InChI=1S/C31H41ClFN7O2/c1-30(2,17-34)19-42-20-31(3,4)18-40(5)13-7-10-29(41)39-23-9-6-8-22(14-23)37-27-16-28(36-21-35-27)38-24-11-12-26(33)25(32)15-24/h6-12,14-16,21H,13,17-20,34H2,1-5H3,(H,39,41)(H2,35,36,37,38)/b10-7+. The topological polar surface area (TPSA) is 117 Å². The number of rotatable bonds is 15. The molecule has 0 radical (unpaired) electrons. The Morgan fingerprint density at radius 2 is 1.64 bits per heavy atom. The number of nitrogens with two attached hydrogens (primary N) is 1. The Hall–Kier alpha value is -3.57. The van der Waals surface area contributed by atoms with Crippen molar-refractivity contribution in [2.75, 3.05) is 55.8 Å². The molecule has 0 atom stereocenters. The van der Waals surface area contributed by atoms with Gasteiger partial charge in [0.2, 0.25) is 5.91 Å². The van der Waals surface area contributed by atoms with E-state index in [9.17, 15) is 9.18 Å². The first-order valence-electron chi connectivity index (χ1n) is 13.7. The Labute approximate surface area is 252 Å². The van der Waals surface area contributed by atoms with Gasteiger partial charge >= 0.3 is 0 Å². The molecule has 0 spiro atoms. The number of halogens is 2. The normalized spacial score (nSPS) is 12.1. The Morgan fingerprint density at radius 1 is 1.00 bits per heavy atom. The van der Waals surface area contributed by atoms with Crippen molar-refractivity contribution in [3.05, 3.63) is 77.9 Å². The van der Waals surface area contributed by atoms with Crippen molar-refractivity contribution in [1.82, 2.24) is 14.9 Å². The number of carbonyl (C=O) groups excluding carboxylic acids is 1. The quantitative estimate of drug-likeness (QED) is 0.153. The average molecular weight is 598 g/mol. The minimum absolute atomic E-state index is 0.0150. The molecule has 1 aromatic heterocycles. The maximum atomic E-state index is 13.4.